The van der Waals surface area contributed by atoms with E-state index >= 15 is 0 Å². The van der Waals surface area contributed by atoms with Crippen molar-refractivity contribution in [2.24, 2.45) is 0 Å². The minimum atomic E-state index is -1.26. The van der Waals surface area contributed by atoms with Crippen LogP contribution in [0, 0.1) is 0 Å². The number of hydrogen-bond acceptors (Lipinski definition) is 3. The molecule has 0 bridgehead atoms. The summed E-state index contributed by atoms with van der Waals surface area (Å²) >= 11 is 0. The molecule has 0 fully saturated rings. The molecule has 2 N–H and O–H groups in total. The van der Waals surface area contributed by atoms with Crippen molar-refractivity contribution in [3.8, 4) is 0 Å². The lowest BCUT2D eigenvalue weighted by molar-refractivity contribution is -0.121. The highest BCUT2D eigenvalue weighted by molar-refractivity contribution is 5.87. The highest BCUT2D eigenvalue weighted by atomic mass is 16.4. The van der Waals surface area contributed by atoms with Crippen LogP contribution in [0.15, 0.2) is 23.3 Å². The van der Waals surface area contributed by atoms with Crippen molar-refractivity contribution in [2.75, 3.05) is 6.54 Å². The predicted octanol–water partition coefficient (Wildman–Crippen LogP) is 0.0727. The smallest absolute Gasteiger partial charge is 0.341 e. The number of nitrogens with zero attached hydrogens (tertiary/aromatic N) is 1. The van der Waals surface area contributed by atoms with E-state index in [9.17, 15) is 14.4 Å². The van der Waals surface area contributed by atoms with Gasteiger partial charge in [0.1, 0.15) is 5.56 Å². The number of rotatable bonds is 5. The molecule has 0 spiro atoms. The summed E-state index contributed by atoms with van der Waals surface area (Å²) in [4.78, 5) is 33.1. The van der Waals surface area contributed by atoms with Gasteiger partial charge in [-0.25, -0.2) is 4.79 Å². The Morgan fingerprint density at radius 2 is 2.18 bits per heavy atom. The second kappa shape index (κ2) is 5.83. The molecule has 0 saturated heterocycles. The number of hydrogen-bond donors (Lipinski definition) is 2. The number of amides is 1. The van der Waals surface area contributed by atoms with Crippen molar-refractivity contribution in [1.82, 2.24) is 9.88 Å². The Balaban J connectivity index is 2.73. The summed E-state index contributed by atoms with van der Waals surface area (Å²) in [7, 11) is 0. The normalized spacial score (nSPS) is 9.94. The fraction of sp³-hybridized carbons (Fsp3) is 0.364. The van der Waals surface area contributed by atoms with Crippen LogP contribution in [-0.2, 0) is 11.3 Å². The van der Waals surface area contributed by atoms with Crippen LogP contribution in [0.5, 0.6) is 0 Å². The highest BCUT2D eigenvalue weighted by Crippen LogP contribution is 1.95. The average molecular weight is 238 g/mol. The number of carboxylic acids is 1. The number of carboxylic acid groups (broad SMARTS) is 1. The highest BCUT2D eigenvalue weighted by Gasteiger charge is 2.08. The van der Waals surface area contributed by atoms with E-state index in [4.69, 9.17) is 5.11 Å². The molecule has 1 amide bonds. The Hall–Kier alpha value is -2.11. The SMILES string of the molecule is CCNC(=O)CCn1ccc(=O)c(C(=O)O)c1. The van der Waals surface area contributed by atoms with E-state index in [1.165, 1.54) is 23.0 Å². The molecule has 1 aromatic rings. The third-order valence-corrected chi connectivity index (χ3v) is 2.18. The van der Waals surface area contributed by atoms with Gasteiger partial charge in [0.2, 0.25) is 5.91 Å². The molecule has 0 atom stereocenters. The van der Waals surface area contributed by atoms with Crippen LogP contribution >= 0.6 is 0 Å². The zero-order valence-electron chi connectivity index (χ0n) is 9.47. The van der Waals surface area contributed by atoms with Gasteiger partial charge in [-0.2, -0.15) is 0 Å². The van der Waals surface area contributed by atoms with E-state index in [2.05, 4.69) is 5.32 Å². The van der Waals surface area contributed by atoms with Crippen LogP contribution in [-0.4, -0.2) is 28.1 Å². The Labute approximate surface area is 97.9 Å². The van der Waals surface area contributed by atoms with Crippen molar-refractivity contribution < 1.29 is 14.7 Å². The zero-order valence-corrected chi connectivity index (χ0v) is 9.47. The van der Waals surface area contributed by atoms with Crippen LogP contribution in [0.2, 0.25) is 0 Å². The Morgan fingerprint density at radius 3 is 2.76 bits per heavy atom. The van der Waals surface area contributed by atoms with Gasteiger partial charge in [-0.15, -0.1) is 0 Å². The lowest BCUT2D eigenvalue weighted by Crippen LogP contribution is -2.24. The number of aromatic carboxylic acids is 1. The second-order valence-corrected chi connectivity index (χ2v) is 3.47. The van der Waals surface area contributed by atoms with Crippen molar-refractivity contribution in [3.63, 3.8) is 0 Å². The summed E-state index contributed by atoms with van der Waals surface area (Å²) in [6.07, 6.45) is 2.95. The zero-order chi connectivity index (χ0) is 12.8. The molecule has 6 heteroatoms. The second-order valence-electron chi connectivity index (χ2n) is 3.47. The molecule has 0 aliphatic heterocycles. The molecule has 1 heterocycles. The van der Waals surface area contributed by atoms with Gasteiger partial charge in [-0.1, -0.05) is 0 Å². The molecule has 0 unspecified atom stereocenters. The van der Waals surface area contributed by atoms with Crippen molar-refractivity contribution in [1.29, 1.82) is 0 Å². The van der Waals surface area contributed by atoms with Crippen LogP contribution in [0.3, 0.4) is 0 Å². The molecule has 0 radical (unpaired) electrons. The molecule has 1 aromatic heterocycles. The fourth-order valence-corrected chi connectivity index (χ4v) is 1.34. The van der Waals surface area contributed by atoms with Gasteiger partial charge < -0.3 is 15.0 Å². The van der Waals surface area contributed by atoms with Crippen molar-refractivity contribution in [2.45, 2.75) is 19.9 Å². The van der Waals surface area contributed by atoms with E-state index < -0.39 is 11.4 Å². The first-order chi connectivity index (χ1) is 8.04. The summed E-state index contributed by atoms with van der Waals surface area (Å²) in [5, 5.41) is 11.4. The molecule has 17 heavy (non-hydrogen) atoms. The fourth-order valence-electron chi connectivity index (χ4n) is 1.34. The van der Waals surface area contributed by atoms with E-state index in [-0.39, 0.29) is 17.9 Å². The molecule has 0 aliphatic rings. The minimum absolute atomic E-state index is 0.108. The molecule has 0 aromatic carbocycles. The molecular formula is C11H14N2O4. The van der Waals surface area contributed by atoms with E-state index in [1.807, 2.05) is 6.92 Å². The van der Waals surface area contributed by atoms with E-state index in [1.54, 1.807) is 0 Å². The predicted molar refractivity (Wildman–Crippen MR) is 61.0 cm³/mol. The topological polar surface area (TPSA) is 88.4 Å². The maximum Gasteiger partial charge on any atom is 0.341 e. The summed E-state index contributed by atoms with van der Waals surface area (Å²) in [6, 6.07) is 1.18. The van der Waals surface area contributed by atoms with Gasteiger partial charge in [0.05, 0.1) is 0 Å². The van der Waals surface area contributed by atoms with Gasteiger partial charge in [-0.3, -0.25) is 9.59 Å². The summed E-state index contributed by atoms with van der Waals surface area (Å²) in [5.74, 6) is -1.37. The summed E-state index contributed by atoms with van der Waals surface area (Å²) in [5.41, 5.74) is -0.824. The minimum Gasteiger partial charge on any atom is -0.477 e. The first-order valence-electron chi connectivity index (χ1n) is 5.24. The Kier molecular flexibility index (Phi) is 4.45. The van der Waals surface area contributed by atoms with Gasteiger partial charge in [-0.05, 0) is 6.92 Å². The summed E-state index contributed by atoms with van der Waals surface area (Å²) in [6.45, 7) is 2.72. The molecule has 92 valence electrons. The van der Waals surface area contributed by atoms with Crippen LogP contribution in [0.25, 0.3) is 0 Å². The van der Waals surface area contributed by atoms with Crippen LogP contribution < -0.4 is 10.7 Å². The van der Waals surface area contributed by atoms with E-state index in [0.717, 1.165) is 0 Å². The molecular weight excluding hydrogens is 224 g/mol. The standard InChI is InChI=1S/C11H14N2O4/c1-2-12-10(15)4-6-13-5-3-9(14)8(7-13)11(16)17/h3,5,7H,2,4,6H2,1H3,(H,12,15)(H,16,17). The number of pyridine rings is 1. The lowest BCUT2D eigenvalue weighted by atomic mass is 10.2. The number of aryl methyl sites for hydroxylation is 1. The number of carbonyl (C=O) groups is 2. The maximum absolute atomic E-state index is 11.2. The van der Waals surface area contributed by atoms with Crippen molar-refractivity contribution in [3.05, 3.63) is 34.2 Å². The number of nitrogens with one attached hydrogen (secondary N) is 1. The van der Waals surface area contributed by atoms with E-state index in [0.29, 0.717) is 13.1 Å². The average Bonchev–Trinajstić information content (AvgIpc) is 2.28. The van der Waals surface area contributed by atoms with Gasteiger partial charge in [0.15, 0.2) is 5.43 Å². The van der Waals surface area contributed by atoms with Crippen molar-refractivity contribution >= 4 is 11.9 Å². The van der Waals surface area contributed by atoms with Gasteiger partial charge in [0.25, 0.3) is 0 Å². The first kappa shape index (κ1) is 13.0. The molecule has 0 saturated carbocycles. The quantitative estimate of drug-likeness (QED) is 0.760. The maximum atomic E-state index is 11.2. The number of carbonyl (C=O) groups excluding carboxylic acids is 1. The largest absolute Gasteiger partial charge is 0.477 e. The monoisotopic (exact) mass is 238 g/mol. The Bertz CT molecular complexity index is 479. The Morgan fingerprint density at radius 1 is 1.47 bits per heavy atom. The molecule has 0 aliphatic carbocycles. The third kappa shape index (κ3) is 3.75. The molecule has 6 nitrogen and oxygen atoms in total. The van der Waals surface area contributed by atoms with Crippen LogP contribution in [0.4, 0.5) is 0 Å². The summed E-state index contributed by atoms with van der Waals surface area (Å²) < 4.78 is 1.51. The van der Waals surface area contributed by atoms with Gasteiger partial charge in [0, 0.05) is 38.0 Å². The molecule has 1 rings (SSSR count). The third-order valence-electron chi connectivity index (χ3n) is 2.18. The first-order valence-corrected chi connectivity index (χ1v) is 5.24. The number of aromatic nitrogens is 1. The van der Waals surface area contributed by atoms with Crippen LogP contribution in [0.1, 0.15) is 23.7 Å². The van der Waals surface area contributed by atoms with Gasteiger partial charge >= 0.3 is 5.97 Å². The lowest BCUT2D eigenvalue weighted by Gasteiger charge is -2.06.